The van der Waals surface area contributed by atoms with Gasteiger partial charge in [-0.2, -0.15) is 0 Å². The highest BCUT2D eigenvalue weighted by Crippen LogP contribution is 2.27. The molecule has 1 aliphatic rings. The van der Waals surface area contributed by atoms with Crippen LogP contribution in [0.3, 0.4) is 0 Å². The van der Waals surface area contributed by atoms with Gasteiger partial charge < -0.3 is 10.6 Å². The third-order valence-electron chi connectivity index (χ3n) is 2.83. The molecule has 0 amide bonds. The molecule has 1 rings (SSSR count). The van der Waals surface area contributed by atoms with Crippen molar-refractivity contribution < 1.29 is 0 Å². The van der Waals surface area contributed by atoms with Crippen LogP contribution in [0.25, 0.3) is 0 Å². The summed E-state index contributed by atoms with van der Waals surface area (Å²) in [5.41, 5.74) is 6.14. The molecule has 0 aromatic carbocycles. The van der Waals surface area contributed by atoms with Crippen molar-refractivity contribution in [3.63, 3.8) is 0 Å². The van der Waals surface area contributed by atoms with Crippen molar-refractivity contribution in [1.29, 1.82) is 0 Å². The van der Waals surface area contributed by atoms with E-state index in [9.17, 15) is 0 Å². The fourth-order valence-corrected chi connectivity index (χ4v) is 1.78. The molecule has 0 aromatic heterocycles. The van der Waals surface area contributed by atoms with Crippen molar-refractivity contribution >= 4 is 0 Å². The van der Waals surface area contributed by atoms with Gasteiger partial charge in [-0.1, -0.05) is 0 Å². The lowest BCUT2D eigenvalue weighted by molar-refractivity contribution is 0.182. The topological polar surface area (TPSA) is 29.3 Å². The van der Waals surface area contributed by atoms with Crippen LogP contribution in [0.4, 0.5) is 0 Å². The van der Waals surface area contributed by atoms with Crippen molar-refractivity contribution in [2.45, 2.75) is 44.2 Å². The predicted molar refractivity (Wildman–Crippen MR) is 48.5 cm³/mol. The van der Waals surface area contributed by atoms with E-state index in [-0.39, 0.29) is 5.54 Å². The van der Waals surface area contributed by atoms with Gasteiger partial charge in [-0.15, -0.1) is 0 Å². The van der Waals surface area contributed by atoms with E-state index < -0.39 is 0 Å². The zero-order valence-electron chi connectivity index (χ0n) is 7.93. The third-order valence-corrected chi connectivity index (χ3v) is 2.83. The minimum absolute atomic E-state index is 0.118. The zero-order valence-corrected chi connectivity index (χ0v) is 7.93. The molecule has 0 atom stereocenters. The second-order valence-electron chi connectivity index (χ2n) is 4.35. The highest BCUT2D eigenvalue weighted by Gasteiger charge is 2.27. The number of rotatable bonds is 1. The SMILES string of the molecule is CN(C)C1CCC(C)(N)CC1. The van der Waals surface area contributed by atoms with Crippen LogP contribution in [0.1, 0.15) is 32.6 Å². The molecule has 66 valence electrons. The Labute approximate surface area is 69.8 Å². The van der Waals surface area contributed by atoms with Crippen LogP contribution >= 0.6 is 0 Å². The van der Waals surface area contributed by atoms with Crippen molar-refractivity contribution in [3.05, 3.63) is 0 Å². The maximum atomic E-state index is 6.02. The van der Waals surface area contributed by atoms with Crippen LogP contribution in [0.2, 0.25) is 0 Å². The summed E-state index contributed by atoms with van der Waals surface area (Å²) in [6, 6.07) is 0.770. The molecule has 0 aromatic rings. The van der Waals surface area contributed by atoms with Gasteiger partial charge in [-0.25, -0.2) is 0 Å². The maximum absolute atomic E-state index is 6.02. The lowest BCUT2D eigenvalue weighted by Crippen LogP contribution is -2.44. The van der Waals surface area contributed by atoms with Crippen molar-refractivity contribution in [3.8, 4) is 0 Å². The van der Waals surface area contributed by atoms with Gasteiger partial charge in [0.05, 0.1) is 0 Å². The lowest BCUT2D eigenvalue weighted by atomic mass is 9.81. The summed E-state index contributed by atoms with van der Waals surface area (Å²) in [4.78, 5) is 2.31. The fourth-order valence-electron chi connectivity index (χ4n) is 1.78. The lowest BCUT2D eigenvalue weighted by Gasteiger charge is -2.37. The summed E-state index contributed by atoms with van der Waals surface area (Å²) in [7, 11) is 4.31. The molecule has 0 spiro atoms. The molecule has 0 saturated heterocycles. The van der Waals surface area contributed by atoms with Gasteiger partial charge in [0.1, 0.15) is 0 Å². The van der Waals surface area contributed by atoms with Crippen LogP contribution in [0.15, 0.2) is 0 Å². The molecular formula is C9H20N2. The van der Waals surface area contributed by atoms with Crippen LogP contribution in [0, 0.1) is 0 Å². The second-order valence-corrected chi connectivity index (χ2v) is 4.35. The molecule has 2 heteroatoms. The Morgan fingerprint density at radius 1 is 1.27 bits per heavy atom. The average Bonchev–Trinajstić information content (AvgIpc) is 1.86. The Kier molecular flexibility index (Phi) is 2.55. The molecule has 0 radical (unpaired) electrons. The van der Waals surface area contributed by atoms with E-state index in [1.54, 1.807) is 0 Å². The van der Waals surface area contributed by atoms with Gasteiger partial charge in [0.15, 0.2) is 0 Å². The summed E-state index contributed by atoms with van der Waals surface area (Å²) in [6.45, 7) is 2.17. The molecule has 1 saturated carbocycles. The van der Waals surface area contributed by atoms with Gasteiger partial charge in [0.2, 0.25) is 0 Å². The third kappa shape index (κ3) is 2.46. The molecule has 1 fully saturated rings. The van der Waals surface area contributed by atoms with E-state index in [2.05, 4.69) is 25.9 Å². The van der Waals surface area contributed by atoms with Gasteiger partial charge in [-0.3, -0.25) is 0 Å². The largest absolute Gasteiger partial charge is 0.325 e. The molecule has 2 nitrogen and oxygen atoms in total. The molecule has 0 heterocycles. The normalized spacial score (nSPS) is 39.5. The van der Waals surface area contributed by atoms with E-state index in [0.717, 1.165) is 6.04 Å². The van der Waals surface area contributed by atoms with Crippen molar-refractivity contribution in [2.75, 3.05) is 14.1 Å². The first-order valence-electron chi connectivity index (χ1n) is 4.46. The minimum Gasteiger partial charge on any atom is -0.325 e. The number of nitrogens with two attached hydrogens (primary N) is 1. The Morgan fingerprint density at radius 2 is 1.73 bits per heavy atom. The number of hydrogen-bond donors (Lipinski definition) is 1. The highest BCUT2D eigenvalue weighted by atomic mass is 15.1. The molecule has 11 heavy (non-hydrogen) atoms. The monoisotopic (exact) mass is 156 g/mol. The Balaban J connectivity index is 2.36. The first kappa shape index (κ1) is 9.01. The van der Waals surface area contributed by atoms with Crippen LogP contribution in [0.5, 0.6) is 0 Å². The fraction of sp³-hybridized carbons (Fsp3) is 1.00. The molecule has 1 aliphatic carbocycles. The number of nitrogens with zero attached hydrogens (tertiary/aromatic N) is 1. The van der Waals surface area contributed by atoms with E-state index in [0.29, 0.717) is 0 Å². The standard InChI is InChI=1S/C9H20N2/c1-9(10)6-4-8(5-7-9)11(2)3/h8H,4-7,10H2,1-3H3. The maximum Gasteiger partial charge on any atom is 0.0127 e. The Hall–Kier alpha value is -0.0800. The van der Waals surface area contributed by atoms with Crippen LogP contribution in [-0.4, -0.2) is 30.6 Å². The van der Waals surface area contributed by atoms with Crippen LogP contribution in [-0.2, 0) is 0 Å². The smallest absolute Gasteiger partial charge is 0.0127 e. The van der Waals surface area contributed by atoms with Gasteiger partial charge >= 0.3 is 0 Å². The summed E-state index contributed by atoms with van der Waals surface area (Å²) in [5, 5.41) is 0. The van der Waals surface area contributed by atoms with Crippen molar-refractivity contribution in [2.24, 2.45) is 5.73 Å². The minimum atomic E-state index is 0.118. The molecule has 0 bridgehead atoms. The quantitative estimate of drug-likeness (QED) is 0.618. The van der Waals surface area contributed by atoms with Gasteiger partial charge in [0, 0.05) is 11.6 Å². The first-order valence-corrected chi connectivity index (χ1v) is 4.46. The first-order chi connectivity index (χ1) is 5.01. The zero-order chi connectivity index (χ0) is 8.48. The molecular weight excluding hydrogens is 136 g/mol. The van der Waals surface area contributed by atoms with E-state index in [1.165, 1.54) is 25.7 Å². The molecule has 0 unspecified atom stereocenters. The van der Waals surface area contributed by atoms with Gasteiger partial charge in [0.25, 0.3) is 0 Å². The Morgan fingerprint density at radius 3 is 2.09 bits per heavy atom. The summed E-state index contributed by atoms with van der Waals surface area (Å²) >= 11 is 0. The van der Waals surface area contributed by atoms with E-state index >= 15 is 0 Å². The highest BCUT2D eigenvalue weighted by molar-refractivity contribution is 4.87. The van der Waals surface area contributed by atoms with E-state index in [4.69, 9.17) is 5.73 Å². The van der Waals surface area contributed by atoms with Crippen molar-refractivity contribution in [1.82, 2.24) is 4.90 Å². The summed E-state index contributed by atoms with van der Waals surface area (Å²) < 4.78 is 0. The second kappa shape index (κ2) is 3.11. The average molecular weight is 156 g/mol. The Bertz CT molecular complexity index is 120. The molecule has 0 aliphatic heterocycles. The van der Waals surface area contributed by atoms with Gasteiger partial charge in [-0.05, 0) is 46.7 Å². The van der Waals surface area contributed by atoms with Crippen LogP contribution < -0.4 is 5.73 Å². The molecule has 2 N–H and O–H groups in total. The predicted octanol–water partition coefficient (Wildman–Crippen LogP) is 1.21. The number of hydrogen-bond acceptors (Lipinski definition) is 2. The summed E-state index contributed by atoms with van der Waals surface area (Å²) in [6.07, 6.45) is 4.88. The summed E-state index contributed by atoms with van der Waals surface area (Å²) in [5.74, 6) is 0. The van der Waals surface area contributed by atoms with E-state index in [1.807, 2.05) is 0 Å².